The lowest BCUT2D eigenvalue weighted by Crippen LogP contribution is -2.07. The van der Waals surface area contributed by atoms with Gasteiger partial charge < -0.3 is 9.47 Å². The van der Waals surface area contributed by atoms with Gasteiger partial charge in [0.1, 0.15) is 5.75 Å². The lowest BCUT2D eigenvalue weighted by atomic mass is 9.97. The monoisotopic (exact) mass is 382 g/mol. The molecule has 0 saturated heterocycles. The molecule has 0 fully saturated rings. The van der Waals surface area contributed by atoms with Gasteiger partial charge in [0.05, 0.1) is 19.3 Å². The summed E-state index contributed by atoms with van der Waals surface area (Å²) in [6.07, 6.45) is 4.68. The third kappa shape index (κ3) is 4.14. The third-order valence-corrected chi connectivity index (χ3v) is 4.93. The molecule has 144 valence electrons. The van der Waals surface area contributed by atoms with Crippen LogP contribution in [0.2, 0.25) is 0 Å². The normalized spacial score (nSPS) is 11.2. The summed E-state index contributed by atoms with van der Waals surface area (Å²) in [5, 5.41) is 4.17. The Bertz CT molecular complexity index is 1170. The standard InChI is InChI=1S/C26H22O3/c1-28-21-15-13-19(14-16-21)8-6-7-17-29-26(27)25-18-20-9-2-3-10-22(20)23-11-4-5-12-24(23)25/h2-6,8-16,18H,7,17H2,1H3/b8-6+. The predicted octanol–water partition coefficient (Wildman–Crippen LogP) is 6.26. The van der Waals surface area contributed by atoms with E-state index in [1.165, 1.54) is 0 Å². The first-order valence-electron chi connectivity index (χ1n) is 9.64. The van der Waals surface area contributed by atoms with Crippen LogP contribution in [0, 0.1) is 0 Å². The minimum atomic E-state index is -0.287. The highest BCUT2D eigenvalue weighted by atomic mass is 16.5. The number of rotatable bonds is 6. The largest absolute Gasteiger partial charge is 0.497 e. The van der Waals surface area contributed by atoms with Gasteiger partial charge >= 0.3 is 5.97 Å². The van der Waals surface area contributed by atoms with Crippen LogP contribution in [0.25, 0.3) is 27.6 Å². The van der Waals surface area contributed by atoms with Crippen molar-refractivity contribution in [2.24, 2.45) is 0 Å². The van der Waals surface area contributed by atoms with Crippen LogP contribution in [-0.2, 0) is 4.74 Å². The van der Waals surface area contributed by atoms with Crippen LogP contribution in [0.15, 0.2) is 84.9 Å². The molecular formula is C26H22O3. The van der Waals surface area contributed by atoms with E-state index in [4.69, 9.17) is 9.47 Å². The van der Waals surface area contributed by atoms with Crippen molar-refractivity contribution in [1.29, 1.82) is 0 Å². The van der Waals surface area contributed by atoms with Gasteiger partial charge in [-0.05, 0) is 51.7 Å². The molecule has 0 aliphatic rings. The molecule has 4 rings (SSSR count). The van der Waals surface area contributed by atoms with E-state index in [-0.39, 0.29) is 5.97 Å². The molecule has 0 radical (unpaired) electrons. The minimum absolute atomic E-state index is 0.287. The molecule has 0 unspecified atom stereocenters. The lowest BCUT2D eigenvalue weighted by Gasteiger charge is -2.10. The van der Waals surface area contributed by atoms with Crippen molar-refractivity contribution < 1.29 is 14.3 Å². The molecule has 0 saturated carbocycles. The Kier molecular flexibility index (Phi) is 5.57. The van der Waals surface area contributed by atoms with E-state index in [0.717, 1.165) is 32.9 Å². The zero-order valence-corrected chi connectivity index (χ0v) is 16.3. The van der Waals surface area contributed by atoms with Crippen molar-refractivity contribution >= 4 is 33.6 Å². The van der Waals surface area contributed by atoms with Crippen molar-refractivity contribution in [3.63, 3.8) is 0 Å². The molecule has 0 atom stereocenters. The summed E-state index contributed by atoms with van der Waals surface area (Å²) in [4.78, 5) is 12.7. The van der Waals surface area contributed by atoms with Gasteiger partial charge in [-0.2, -0.15) is 0 Å². The second kappa shape index (κ2) is 8.61. The van der Waals surface area contributed by atoms with E-state index >= 15 is 0 Å². The molecule has 0 N–H and O–H groups in total. The van der Waals surface area contributed by atoms with Crippen LogP contribution in [0.4, 0.5) is 0 Å². The number of fused-ring (bicyclic) bond motifs is 3. The zero-order chi connectivity index (χ0) is 20.1. The third-order valence-electron chi connectivity index (χ3n) is 4.93. The first-order valence-corrected chi connectivity index (χ1v) is 9.64. The van der Waals surface area contributed by atoms with E-state index in [9.17, 15) is 4.79 Å². The molecule has 0 aliphatic heterocycles. The fraction of sp³-hybridized carbons (Fsp3) is 0.115. The van der Waals surface area contributed by atoms with Gasteiger partial charge in [0.2, 0.25) is 0 Å². The summed E-state index contributed by atoms with van der Waals surface area (Å²) in [5.41, 5.74) is 1.69. The summed E-state index contributed by atoms with van der Waals surface area (Å²) < 4.78 is 10.7. The van der Waals surface area contributed by atoms with Crippen molar-refractivity contribution in [1.82, 2.24) is 0 Å². The molecule has 0 heterocycles. The molecule has 0 bridgehead atoms. The summed E-state index contributed by atoms with van der Waals surface area (Å²) in [5.74, 6) is 0.545. The Morgan fingerprint density at radius 2 is 1.55 bits per heavy atom. The van der Waals surface area contributed by atoms with Crippen LogP contribution < -0.4 is 4.74 Å². The maximum absolute atomic E-state index is 12.7. The first-order chi connectivity index (χ1) is 14.3. The Balaban J connectivity index is 1.45. The summed E-state index contributed by atoms with van der Waals surface area (Å²) >= 11 is 0. The Labute approximate surface area is 170 Å². The average Bonchev–Trinajstić information content (AvgIpc) is 2.78. The molecule has 0 aliphatic carbocycles. The fourth-order valence-electron chi connectivity index (χ4n) is 3.45. The zero-order valence-electron chi connectivity index (χ0n) is 16.3. The SMILES string of the molecule is COc1ccc(/C=C/CCOC(=O)c2cc3ccccc3c3ccccc23)cc1. The molecule has 3 nitrogen and oxygen atoms in total. The fourth-order valence-corrected chi connectivity index (χ4v) is 3.45. The summed E-state index contributed by atoms with van der Waals surface area (Å²) in [7, 11) is 1.65. The van der Waals surface area contributed by atoms with Gasteiger partial charge in [-0.1, -0.05) is 72.8 Å². The lowest BCUT2D eigenvalue weighted by molar-refractivity contribution is 0.0514. The molecule has 0 aromatic heterocycles. The van der Waals surface area contributed by atoms with Crippen LogP contribution in [-0.4, -0.2) is 19.7 Å². The van der Waals surface area contributed by atoms with Gasteiger partial charge in [0.15, 0.2) is 0 Å². The van der Waals surface area contributed by atoms with E-state index < -0.39 is 0 Å². The molecule has 0 amide bonds. The molecule has 29 heavy (non-hydrogen) atoms. The maximum Gasteiger partial charge on any atom is 0.338 e. The van der Waals surface area contributed by atoms with Crippen LogP contribution in [0.3, 0.4) is 0 Å². The molecular weight excluding hydrogens is 360 g/mol. The van der Waals surface area contributed by atoms with E-state index in [1.807, 2.05) is 84.9 Å². The summed E-state index contributed by atoms with van der Waals surface area (Å²) in [6.45, 7) is 0.340. The minimum Gasteiger partial charge on any atom is -0.497 e. The highest BCUT2D eigenvalue weighted by Crippen LogP contribution is 2.29. The number of ether oxygens (including phenoxy) is 2. The Hall–Kier alpha value is -3.59. The Morgan fingerprint density at radius 3 is 2.31 bits per heavy atom. The average molecular weight is 382 g/mol. The maximum atomic E-state index is 12.7. The van der Waals surface area contributed by atoms with Crippen molar-refractivity contribution in [2.45, 2.75) is 6.42 Å². The molecule has 4 aromatic rings. The van der Waals surface area contributed by atoms with Gasteiger partial charge in [0.25, 0.3) is 0 Å². The first kappa shape index (κ1) is 18.8. The van der Waals surface area contributed by atoms with Gasteiger partial charge in [0, 0.05) is 0 Å². The number of benzene rings is 4. The molecule has 4 aromatic carbocycles. The highest BCUT2D eigenvalue weighted by Gasteiger charge is 2.13. The number of hydrogen-bond acceptors (Lipinski definition) is 3. The number of esters is 1. The van der Waals surface area contributed by atoms with Crippen LogP contribution in [0.5, 0.6) is 5.75 Å². The van der Waals surface area contributed by atoms with E-state index in [1.54, 1.807) is 7.11 Å². The smallest absolute Gasteiger partial charge is 0.338 e. The van der Waals surface area contributed by atoms with Crippen LogP contribution >= 0.6 is 0 Å². The number of carbonyl (C=O) groups excluding carboxylic acids is 1. The van der Waals surface area contributed by atoms with E-state index in [0.29, 0.717) is 18.6 Å². The topological polar surface area (TPSA) is 35.5 Å². The quantitative estimate of drug-likeness (QED) is 0.224. The van der Waals surface area contributed by atoms with Gasteiger partial charge in [-0.15, -0.1) is 0 Å². The number of methoxy groups -OCH3 is 1. The summed E-state index contributed by atoms with van der Waals surface area (Å²) in [6, 6.07) is 25.8. The second-order valence-corrected chi connectivity index (χ2v) is 6.79. The number of carbonyl (C=O) groups is 1. The predicted molar refractivity (Wildman–Crippen MR) is 118 cm³/mol. The second-order valence-electron chi connectivity index (χ2n) is 6.79. The highest BCUT2D eigenvalue weighted by molar-refractivity contribution is 6.15. The van der Waals surface area contributed by atoms with Crippen molar-refractivity contribution in [3.05, 3.63) is 96.1 Å². The van der Waals surface area contributed by atoms with Gasteiger partial charge in [-0.25, -0.2) is 4.79 Å². The molecule has 0 spiro atoms. The number of hydrogen-bond donors (Lipinski definition) is 0. The van der Waals surface area contributed by atoms with Gasteiger partial charge in [-0.3, -0.25) is 0 Å². The van der Waals surface area contributed by atoms with Crippen molar-refractivity contribution in [3.8, 4) is 5.75 Å². The molecule has 3 heteroatoms. The van der Waals surface area contributed by atoms with Crippen molar-refractivity contribution in [2.75, 3.05) is 13.7 Å². The van der Waals surface area contributed by atoms with E-state index in [2.05, 4.69) is 6.07 Å². The van der Waals surface area contributed by atoms with Crippen LogP contribution in [0.1, 0.15) is 22.3 Å². The Morgan fingerprint density at radius 1 is 0.862 bits per heavy atom.